The number of hydrogen-bond acceptors (Lipinski definition) is 5. The third kappa shape index (κ3) is 4.42. The van der Waals surface area contributed by atoms with Crippen LogP contribution in [0.15, 0.2) is 47.4 Å². The standard InChI is InChI=1S/C21H25N3O3S/c1-5-14(2)13-27-21-20(22-17-8-6-7-9-18(17)23-21)24-28(25,26)19-11-10-15(3)12-16(19)4/h6-12,14H,5,13H2,1-4H3,(H,22,24). The molecule has 148 valence electrons. The monoisotopic (exact) mass is 399 g/mol. The smallest absolute Gasteiger partial charge is 0.263 e. The number of aryl methyl sites for hydroxylation is 2. The minimum Gasteiger partial charge on any atom is -0.475 e. The molecule has 1 N–H and O–H groups in total. The second kappa shape index (κ2) is 8.14. The van der Waals surface area contributed by atoms with Gasteiger partial charge in [-0.2, -0.15) is 0 Å². The Balaban J connectivity index is 2.02. The van der Waals surface area contributed by atoms with E-state index in [0.717, 1.165) is 12.0 Å². The Morgan fingerprint density at radius 3 is 2.39 bits per heavy atom. The topological polar surface area (TPSA) is 81.2 Å². The van der Waals surface area contributed by atoms with Crippen molar-refractivity contribution in [2.24, 2.45) is 5.92 Å². The summed E-state index contributed by atoms with van der Waals surface area (Å²) in [5, 5.41) is 0. The van der Waals surface area contributed by atoms with Crippen molar-refractivity contribution in [3.05, 3.63) is 53.6 Å². The van der Waals surface area contributed by atoms with Gasteiger partial charge in [-0.15, -0.1) is 0 Å². The fraction of sp³-hybridized carbons (Fsp3) is 0.333. The van der Waals surface area contributed by atoms with Gasteiger partial charge in [-0.1, -0.05) is 50.1 Å². The molecule has 3 rings (SSSR count). The molecule has 2 aromatic carbocycles. The SMILES string of the molecule is CCC(C)COc1nc2ccccc2nc1NS(=O)(=O)c1ccc(C)cc1C. The van der Waals surface area contributed by atoms with E-state index >= 15 is 0 Å². The van der Waals surface area contributed by atoms with E-state index in [4.69, 9.17) is 4.74 Å². The molecule has 0 bridgehead atoms. The summed E-state index contributed by atoms with van der Waals surface area (Å²) in [5.41, 5.74) is 2.91. The van der Waals surface area contributed by atoms with E-state index in [9.17, 15) is 8.42 Å². The van der Waals surface area contributed by atoms with Crippen molar-refractivity contribution < 1.29 is 13.2 Å². The minimum absolute atomic E-state index is 0.0991. The molecule has 0 saturated heterocycles. The lowest BCUT2D eigenvalue weighted by molar-refractivity contribution is 0.249. The van der Waals surface area contributed by atoms with Crippen molar-refractivity contribution in [1.29, 1.82) is 0 Å². The van der Waals surface area contributed by atoms with Gasteiger partial charge in [-0.25, -0.2) is 18.4 Å². The highest BCUT2D eigenvalue weighted by atomic mass is 32.2. The summed E-state index contributed by atoms with van der Waals surface area (Å²) in [5.74, 6) is 0.603. The molecule has 0 aliphatic rings. The molecule has 0 saturated carbocycles. The van der Waals surface area contributed by atoms with Crippen LogP contribution in [0.1, 0.15) is 31.4 Å². The Morgan fingerprint density at radius 1 is 1.07 bits per heavy atom. The zero-order valence-electron chi connectivity index (χ0n) is 16.6. The van der Waals surface area contributed by atoms with Crippen LogP contribution in [0.4, 0.5) is 5.82 Å². The third-order valence-electron chi connectivity index (χ3n) is 4.59. The van der Waals surface area contributed by atoms with Gasteiger partial charge in [0.25, 0.3) is 15.9 Å². The van der Waals surface area contributed by atoms with E-state index in [0.29, 0.717) is 29.1 Å². The van der Waals surface area contributed by atoms with E-state index in [2.05, 4.69) is 28.5 Å². The number of fused-ring (bicyclic) bond motifs is 1. The van der Waals surface area contributed by atoms with Crippen LogP contribution >= 0.6 is 0 Å². The van der Waals surface area contributed by atoms with E-state index in [1.165, 1.54) is 0 Å². The summed E-state index contributed by atoms with van der Waals surface area (Å²) in [6, 6.07) is 12.5. The number of para-hydroxylation sites is 2. The lowest BCUT2D eigenvalue weighted by Gasteiger charge is -2.15. The van der Waals surface area contributed by atoms with Gasteiger partial charge in [0.2, 0.25) is 5.82 Å². The average molecular weight is 400 g/mol. The molecule has 1 aromatic heterocycles. The molecular formula is C21H25N3O3S. The molecule has 0 aliphatic carbocycles. The predicted molar refractivity (Wildman–Crippen MR) is 111 cm³/mol. The fourth-order valence-electron chi connectivity index (χ4n) is 2.77. The second-order valence-electron chi connectivity index (χ2n) is 7.06. The third-order valence-corrected chi connectivity index (χ3v) is 6.09. The first kappa shape index (κ1) is 20.1. The summed E-state index contributed by atoms with van der Waals surface area (Å²) >= 11 is 0. The molecule has 1 unspecified atom stereocenters. The lowest BCUT2D eigenvalue weighted by Crippen LogP contribution is -2.18. The Bertz CT molecular complexity index is 1100. The van der Waals surface area contributed by atoms with E-state index in [1.807, 2.05) is 31.2 Å². The molecule has 0 radical (unpaired) electrons. The van der Waals surface area contributed by atoms with Gasteiger partial charge < -0.3 is 4.74 Å². The van der Waals surface area contributed by atoms with Crippen LogP contribution in [0.3, 0.4) is 0 Å². The molecule has 28 heavy (non-hydrogen) atoms. The number of nitrogens with one attached hydrogen (secondary N) is 1. The summed E-state index contributed by atoms with van der Waals surface area (Å²) in [6.45, 7) is 8.26. The highest BCUT2D eigenvalue weighted by molar-refractivity contribution is 7.92. The van der Waals surface area contributed by atoms with E-state index in [-0.39, 0.29) is 16.6 Å². The normalized spacial score (nSPS) is 12.7. The fourth-order valence-corrected chi connectivity index (χ4v) is 4.00. The molecule has 0 aliphatic heterocycles. The zero-order valence-corrected chi connectivity index (χ0v) is 17.4. The Labute approximate surface area is 166 Å². The van der Waals surface area contributed by atoms with Gasteiger partial charge in [0.1, 0.15) is 0 Å². The number of aromatic nitrogens is 2. The summed E-state index contributed by atoms with van der Waals surface area (Å²) < 4.78 is 34.4. The van der Waals surface area contributed by atoms with Crippen LogP contribution < -0.4 is 9.46 Å². The summed E-state index contributed by atoms with van der Waals surface area (Å²) in [4.78, 5) is 9.15. The number of ether oxygens (including phenoxy) is 1. The Morgan fingerprint density at radius 2 is 1.75 bits per heavy atom. The minimum atomic E-state index is -3.83. The van der Waals surface area contributed by atoms with Gasteiger partial charge in [0, 0.05) is 0 Å². The first-order chi connectivity index (χ1) is 13.3. The molecule has 7 heteroatoms. The number of hydrogen-bond donors (Lipinski definition) is 1. The number of sulfonamides is 1. The van der Waals surface area contributed by atoms with Crippen LogP contribution in [-0.2, 0) is 10.0 Å². The van der Waals surface area contributed by atoms with Crippen molar-refractivity contribution >= 4 is 26.9 Å². The second-order valence-corrected chi connectivity index (χ2v) is 8.72. The van der Waals surface area contributed by atoms with Crippen molar-refractivity contribution in [3.63, 3.8) is 0 Å². The highest BCUT2D eigenvalue weighted by Crippen LogP contribution is 2.27. The first-order valence-electron chi connectivity index (χ1n) is 9.30. The molecule has 1 heterocycles. The number of benzene rings is 2. The Hall–Kier alpha value is -2.67. The van der Waals surface area contributed by atoms with Crippen LogP contribution in [0.25, 0.3) is 11.0 Å². The highest BCUT2D eigenvalue weighted by Gasteiger charge is 2.21. The van der Waals surface area contributed by atoms with Crippen molar-refractivity contribution in [2.45, 2.75) is 39.0 Å². The number of anilines is 1. The molecule has 0 amide bonds. The predicted octanol–water partition coefficient (Wildman–Crippen LogP) is 4.47. The van der Waals surface area contributed by atoms with Gasteiger partial charge in [0.15, 0.2) is 0 Å². The lowest BCUT2D eigenvalue weighted by atomic mass is 10.1. The van der Waals surface area contributed by atoms with Crippen LogP contribution in [-0.4, -0.2) is 25.0 Å². The van der Waals surface area contributed by atoms with Crippen molar-refractivity contribution in [2.75, 3.05) is 11.3 Å². The maximum Gasteiger partial charge on any atom is 0.263 e. The maximum atomic E-state index is 13.0. The van der Waals surface area contributed by atoms with Gasteiger partial charge in [-0.3, -0.25) is 4.72 Å². The van der Waals surface area contributed by atoms with E-state index < -0.39 is 10.0 Å². The van der Waals surface area contributed by atoms with Gasteiger partial charge in [-0.05, 0) is 43.5 Å². The Kier molecular flexibility index (Phi) is 5.84. The summed E-state index contributed by atoms with van der Waals surface area (Å²) in [7, 11) is -3.83. The van der Waals surface area contributed by atoms with Crippen molar-refractivity contribution in [1.82, 2.24) is 9.97 Å². The van der Waals surface area contributed by atoms with E-state index in [1.54, 1.807) is 25.1 Å². The molecule has 1 atom stereocenters. The van der Waals surface area contributed by atoms with Gasteiger partial charge in [0.05, 0.1) is 22.5 Å². The molecular weight excluding hydrogens is 374 g/mol. The molecule has 0 spiro atoms. The quantitative estimate of drug-likeness (QED) is 0.634. The van der Waals surface area contributed by atoms with Crippen LogP contribution in [0, 0.1) is 19.8 Å². The molecule has 3 aromatic rings. The largest absolute Gasteiger partial charge is 0.475 e. The molecule has 0 fully saturated rings. The average Bonchev–Trinajstić information content (AvgIpc) is 2.65. The molecule has 6 nitrogen and oxygen atoms in total. The van der Waals surface area contributed by atoms with Crippen LogP contribution in [0.5, 0.6) is 5.88 Å². The van der Waals surface area contributed by atoms with Gasteiger partial charge >= 0.3 is 0 Å². The summed E-state index contributed by atoms with van der Waals surface area (Å²) in [6.07, 6.45) is 0.949. The van der Waals surface area contributed by atoms with Crippen LogP contribution in [0.2, 0.25) is 0 Å². The number of nitrogens with zero attached hydrogens (tertiary/aromatic N) is 2. The zero-order chi connectivity index (χ0) is 20.3. The first-order valence-corrected chi connectivity index (χ1v) is 10.8. The van der Waals surface area contributed by atoms with Crippen molar-refractivity contribution in [3.8, 4) is 5.88 Å². The number of rotatable bonds is 7. The maximum absolute atomic E-state index is 13.0.